The first-order chi connectivity index (χ1) is 13.7. The molecule has 28 heavy (non-hydrogen) atoms. The molecule has 0 radical (unpaired) electrons. The molecule has 0 heterocycles. The van der Waals surface area contributed by atoms with Crippen LogP contribution < -0.4 is 9.80 Å². The van der Waals surface area contributed by atoms with Gasteiger partial charge in [-0.1, -0.05) is 52.0 Å². The van der Waals surface area contributed by atoms with Crippen molar-refractivity contribution in [3.63, 3.8) is 0 Å². The van der Waals surface area contributed by atoms with Crippen molar-refractivity contribution >= 4 is 17.2 Å². The van der Waals surface area contributed by atoms with E-state index in [1.165, 1.54) is 0 Å². The topological polar surface area (TPSA) is 23.6 Å². The number of nitrogens with zero attached hydrogens (tertiary/aromatic N) is 2. The molecule has 152 valence electrons. The third kappa shape index (κ3) is 5.37. The zero-order chi connectivity index (χ0) is 20.4. The summed E-state index contributed by atoms with van der Waals surface area (Å²) in [5, 5.41) is 0. The monoisotopic (exact) mass is 380 g/mol. The highest BCUT2D eigenvalue weighted by Crippen LogP contribution is 2.29. The predicted octanol–water partition coefficient (Wildman–Crippen LogP) is 6.17. The Labute approximate surface area is 171 Å². The standard InChI is InChI=1S/C25H36N2O/c1-5-17-26(18-6-2)23-15-11-9-13-21(23)25(28)22-14-10-12-16-24(22)27(19-7-3)20-8-4/h9-16H,5-8,17-20H2,1-4H3. The summed E-state index contributed by atoms with van der Waals surface area (Å²) >= 11 is 0. The molecule has 0 saturated heterocycles. The lowest BCUT2D eigenvalue weighted by atomic mass is 9.98. The van der Waals surface area contributed by atoms with E-state index in [0.717, 1.165) is 74.4 Å². The van der Waals surface area contributed by atoms with Gasteiger partial charge in [0.15, 0.2) is 5.78 Å². The Hall–Kier alpha value is -2.29. The summed E-state index contributed by atoms with van der Waals surface area (Å²) in [6.07, 6.45) is 4.28. The van der Waals surface area contributed by atoms with Gasteiger partial charge in [-0.15, -0.1) is 0 Å². The number of carbonyl (C=O) groups is 1. The van der Waals surface area contributed by atoms with E-state index in [2.05, 4.69) is 49.6 Å². The molecule has 0 aliphatic carbocycles. The Bertz CT molecular complexity index is 667. The van der Waals surface area contributed by atoms with Crippen molar-refractivity contribution < 1.29 is 4.79 Å². The summed E-state index contributed by atoms with van der Waals surface area (Å²) in [5.41, 5.74) is 3.74. The second-order valence-electron chi connectivity index (χ2n) is 7.34. The summed E-state index contributed by atoms with van der Waals surface area (Å²) in [6, 6.07) is 16.2. The molecular weight excluding hydrogens is 344 g/mol. The molecule has 0 amide bonds. The van der Waals surface area contributed by atoms with E-state index in [-0.39, 0.29) is 5.78 Å². The Balaban J connectivity index is 2.47. The molecule has 0 bridgehead atoms. The van der Waals surface area contributed by atoms with Gasteiger partial charge in [-0.25, -0.2) is 0 Å². The van der Waals surface area contributed by atoms with Gasteiger partial charge in [0, 0.05) is 48.7 Å². The highest BCUT2D eigenvalue weighted by molar-refractivity contribution is 6.15. The quantitative estimate of drug-likeness (QED) is 0.411. The summed E-state index contributed by atoms with van der Waals surface area (Å²) in [6.45, 7) is 12.6. The zero-order valence-corrected chi connectivity index (χ0v) is 18.1. The zero-order valence-electron chi connectivity index (χ0n) is 18.1. The molecule has 0 unspecified atom stereocenters. The number of hydrogen-bond acceptors (Lipinski definition) is 3. The normalized spacial score (nSPS) is 10.7. The van der Waals surface area contributed by atoms with Gasteiger partial charge in [-0.2, -0.15) is 0 Å². The van der Waals surface area contributed by atoms with E-state index in [1.807, 2.05) is 36.4 Å². The predicted molar refractivity (Wildman–Crippen MR) is 122 cm³/mol. The minimum Gasteiger partial charge on any atom is -0.371 e. The molecule has 0 aromatic heterocycles. The van der Waals surface area contributed by atoms with Gasteiger partial charge < -0.3 is 9.80 Å². The lowest BCUT2D eigenvalue weighted by molar-refractivity contribution is 0.103. The minimum atomic E-state index is 0.126. The van der Waals surface area contributed by atoms with Crippen LogP contribution in [-0.4, -0.2) is 32.0 Å². The average molecular weight is 381 g/mol. The van der Waals surface area contributed by atoms with Crippen molar-refractivity contribution in [3.8, 4) is 0 Å². The Morgan fingerprint density at radius 2 is 0.929 bits per heavy atom. The van der Waals surface area contributed by atoms with Crippen LogP contribution >= 0.6 is 0 Å². The maximum atomic E-state index is 13.7. The molecule has 0 aliphatic rings. The van der Waals surface area contributed by atoms with Gasteiger partial charge in [0.1, 0.15) is 0 Å². The Morgan fingerprint density at radius 1 is 0.607 bits per heavy atom. The van der Waals surface area contributed by atoms with E-state index >= 15 is 0 Å². The Morgan fingerprint density at radius 3 is 1.25 bits per heavy atom. The Kier molecular flexibility index (Phi) is 9.06. The molecule has 0 saturated carbocycles. The van der Waals surface area contributed by atoms with Crippen LogP contribution in [0.3, 0.4) is 0 Å². The first-order valence-corrected chi connectivity index (χ1v) is 10.9. The first kappa shape index (κ1) is 22.0. The number of rotatable bonds is 12. The summed E-state index contributed by atoms with van der Waals surface area (Å²) in [5.74, 6) is 0.126. The van der Waals surface area contributed by atoms with Crippen LogP contribution in [0.4, 0.5) is 11.4 Å². The van der Waals surface area contributed by atoms with Gasteiger partial charge in [-0.05, 0) is 49.9 Å². The first-order valence-electron chi connectivity index (χ1n) is 10.9. The van der Waals surface area contributed by atoms with E-state index in [1.54, 1.807) is 0 Å². The van der Waals surface area contributed by atoms with E-state index < -0.39 is 0 Å². The molecular formula is C25H36N2O. The molecule has 2 aromatic rings. The molecule has 3 heteroatoms. The van der Waals surface area contributed by atoms with Gasteiger partial charge in [-0.3, -0.25) is 4.79 Å². The van der Waals surface area contributed by atoms with E-state index in [0.29, 0.717) is 0 Å². The fourth-order valence-corrected chi connectivity index (χ4v) is 3.81. The van der Waals surface area contributed by atoms with Crippen molar-refractivity contribution in [2.24, 2.45) is 0 Å². The number of carbonyl (C=O) groups excluding carboxylic acids is 1. The second kappa shape index (κ2) is 11.5. The number of para-hydroxylation sites is 2. The van der Waals surface area contributed by atoms with Gasteiger partial charge in [0.25, 0.3) is 0 Å². The molecule has 0 N–H and O–H groups in total. The minimum absolute atomic E-state index is 0.126. The highest BCUT2D eigenvalue weighted by Gasteiger charge is 2.21. The van der Waals surface area contributed by atoms with E-state index in [4.69, 9.17) is 0 Å². The molecule has 0 atom stereocenters. The van der Waals surface area contributed by atoms with Crippen LogP contribution in [0.5, 0.6) is 0 Å². The smallest absolute Gasteiger partial charge is 0.197 e. The largest absolute Gasteiger partial charge is 0.371 e. The molecule has 2 rings (SSSR count). The SMILES string of the molecule is CCCN(CCC)c1ccccc1C(=O)c1ccccc1N(CCC)CCC. The number of anilines is 2. The lowest BCUT2D eigenvalue weighted by Gasteiger charge is -2.28. The van der Waals surface area contributed by atoms with Gasteiger partial charge >= 0.3 is 0 Å². The third-order valence-corrected chi connectivity index (χ3v) is 4.95. The second-order valence-corrected chi connectivity index (χ2v) is 7.34. The number of benzene rings is 2. The van der Waals surface area contributed by atoms with Gasteiger partial charge in [0.2, 0.25) is 0 Å². The van der Waals surface area contributed by atoms with Crippen molar-refractivity contribution in [2.75, 3.05) is 36.0 Å². The number of ketones is 1. The maximum Gasteiger partial charge on any atom is 0.197 e. The van der Waals surface area contributed by atoms with Crippen LogP contribution in [0, 0.1) is 0 Å². The van der Waals surface area contributed by atoms with Gasteiger partial charge in [0.05, 0.1) is 0 Å². The van der Waals surface area contributed by atoms with Crippen molar-refractivity contribution in [3.05, 3.63) is 59.7 Å². The van der Waals surface area contributed by atoms with Crippen LogP contribution in [0.1, 0.15) is 69.3 Å². The average Bonchev–Trinajstić information content (AvgIpc) is 2.73. The molecule has 0 fully saturated rings. The molecule has 2 aromatic carbocycles. The van der Waals surface area contributed by atoms with Crippen molar-refractivity contribution in [2.45, 2.75) is 53.4 Å². The summed E-state index contributed by atoms with van der Waals surface area (Å²) < 4.78 is 0. The summed E-state index contributed by atoms with van der Waals surface area (Å²) in [7, 11) is 0. The van der Waals surface area contributed by atoms with Crippen LogP contribution in [0.2, 0.25) is 0 Å². The fourth-order valence-electron chi connectivity index (χ4n) is 3.81. The molecule has 0 aliphatic heterocycles. The highest BCUT2D eigenvalue weighted by atomic mass is 16.1. The van der Waals surface area contributed by atoms with E-state index in [9.17, 15) is 4.79 Å². The third-order valence-electron chi connectivity index (χ3n) is 4.95. The lowest BCUT2D eigenvalue weighted by Crippen LogP contribution is -2.28. The molecule has 3 nitrogen and oxygen atoms in total. The van der Waals surface area contributed by atoms with Crippen molar-refractivity contribution in [1.82, 2.24) is 0 Å². The van der Waals surface area contributed by atoms with Crippen LogP contribution in [0.15, 0.2) is 48.5 Å². The fraction of sp³-hybridized carbons (Fsp3) is 0.480. The van der Waals surface area contributed by atoms with Crippen LogP contribution in [0.25, 0.3) is 0 Å². The van der Waals surface area contributed by atoms with Crippen LogP contribution in [-0.2, 0) is 0 Å². The number of hydrogen-bond donors (Lipinski definition) is 0. The maximum absolute atomic E-state index is 13.7. The van der Waals surface area contributed by atoms with Crippen molar-refractivity contribution in [1.29, 1.82) is 0 Å². The summed E-state index contributed by atoms with van der Waals surface area (Å²) in [4.78, 5) is 18.4. The molecule has 0 spiro atoms.